The molecule has 1 aliphatic carbocycles. The lowest BCUT2D eigenvalue weighted by atomic mass is 9.86. The van der Waals surface area contributed by atoms with Gasteiger partial charge in [0.2, 0.25) is 0 Å². The molecule has 0 spiro atoms. The number of hydrogen-bond donors (Lipinski definition) is 3. The highest BCUT2D eigenvalue weighted by atomic mass is 16.3. The first-order valence-corrected chi connectivity index (χ1v) is 9.41. The van der Waals surface area contributed by atoms with Crippen LogP contribution >= 0.6 is 0 Å². The van der Waals surface area contributed by atoms with Gasteiger partial charge in [0.05, 0.1) is 23.3 Å². The van der Waals surface area contributed by atoms with Gasteiger partial charge < -0.3 is 19.8 Å². The van der Waals surface area contributed by atoms with Crippen LogP contribution in [-0.2, 0) is 0 Å². The van der Waals surface area contributed by atoms with Gasteiger partial charge in [-0.1, -0.05) is 0 Å². The van der Waals surface area contributed by atoms with Crippen molar-refractivity contribution in [3.63, 3.8) is 0 Å². The molecule has 0 bridgehead atoms. The first-order chi connectivity index (χ1) is 13.7. The number of hydrogen-bond acceptors (Lipinski definition) is 5. The number of nitrogens with one attached hydrogen (secondary N) is 1. The minimum Gasteiger partial charge on any atom is -0.508 e. The number of phenols is 2. The average Bonchev–Trinajstić information content (AvgIpc) is 3.32. The van der Waals surface area contributed by atoms with Gasteiger partial charge in [-0.25, -0.2) is 9.97 Å². The Morgan fingerprint density at radius 2 is 1.96 bits per heavy atom. The Morgan fingerprint density at radius 1 is 1.14 bits per heavy atom. The van der Waals surface area contributed by atoms with E-state index >= 15 is 0 Å². The van der Waals surface area contributed by atoms with Crippen LogP contribution in [0.2, 0.25) is 0 Å². The summed E-state index contributed by atoms with van der Waals surface area (Å²) in [5.74, 6) is 0.752. The number of imidazole rings is 1. The third-order valence-electron chi connectivity index (χ3n) is 5.70. The van der Waals surface area contributed by atoms with Crippen LogP contribution in [0.25, 0.3) is 33.5 Å². The van der Waals surface area contributed by atoms with Gasteiger partial charge in [-0.05, 0) is 43.9 Å². The Kier molecular flexibility index (Phi) is 3.72. The van der Waals surface area contributed by atoms with Crippen molar-refractivity contribution < 1.29 is 10.2 Å². The molecule has 7 nitrogen and oxygen atoms in total. The number of aromatic nitrogens is 4. The molecule has 3 N–H and O–H groups in total. The van der Waals surface area contributed by atoms with Crippen LogP contribution in [0.4, 0.5) is 0 Å². The molecule has 7 heteroatoms. The minimum atomic E-state index is -0.0134. The molecule has 0 aliphatic heterocycles. The number of pyridine rings is 1. The lowest BCUT2D eigenvalue weighted by Crippen LogP contribution is -2.18. The van der Waals surface area contributed by atoms with Crippen LogP contribution in [0, 0.1) is 17.2 Å². The van der Waals surface area contributed by atoms with E-state index < -0.39 is 0 Å². The molecule has 0 atom stereocenters. The van der Waals surface area contributed by atoms with Gasteiger partial charge in [-0.2, -0.15) is 5.26 Å². The van der Waals surface area contributed by atoms with Crippen molar-refractivity contribution in [3.05, 3.63) is 36.7 Å². The van der Waals surface area contributed by atoms with E-state index in [2.05, 4.69) is 20.6 Å². The fraction of sp³-hybridized carbons (Fsp3) is 0.286. The summed E-state index contributed by atoms with van der Waals surface area (Å²) < 4.78 is 2.19. The monoisotopic (exact) mass is 373 g/mol. The van der Waals surface area contributed by atoms with Crippen molar-refractivity contribution in [2.45, 2.75) is 31.7 Å². The van der Waals surface area contributed by atoms with Gasteiger partial charge in [0.1, 0.15) is 28.5 Å². The predicted octanol–water partition coefficient (Wildman–Crippen LogP) is 4.25. The van der Waals surface area contributed by atoms with Crippen LogP contribution in [-0.4, -0.2) is 29.7 Å². The number of fused-ring (bicyclic) bond motifs is 3. The van der Waals surface area contributed by atoms with E-state index in [0.717, 1.165) is 47.8 Å². The normalized spacial score (nSPS) is 19.8. The van der Waals surface area contributed by atoms with Crippen LogP contribution in [0.1, 0.15) is 31.7 Å². The number of rotatable bonds is 2. The predicted molar refractivity (Wildman–Crippen MR) is 105 cm³/mol. The van der Waals surface area contributed by atoms with Crippen LogP contribution in [0.5, 0.6) is 11.5 Å². The third kappa shape index (κ3) is 2.49. The summed E-state index contributed by atoms with van der Waals surface area (Å²) in [4.78, 5) is 12.4. The Morgan fingerprint density at radius 3 is 2.71 bits per heavy atom. The quantitative estimate of drug-likeness (QED) is 0.486. The van der Waals surface area contributed by atoms with Crippen LogP contribution < -0.4 is 0 Å². The highest BCUT2D eigenvalue weighted by molar-refractivity contribution is 6.02. The van der Waals surface area contributed by atoms with E-state index in [9.17, 15) is 15.5 Å². The molecule has 0 amide bonds. The lowest BCUT2D eigenvalue weighted by molar-refractivity contribution is 0.320. The largest absolute Gasteiger partial charge is 0.508 e. The number of nitrogens with zero attached hydrogens (tertiary/aromatic N) is 4. The van der Waals surface area contributed by atoms with Crippen molar-refractivity contribution in [2.75, 3.05) is 0 Å². The Labute approximate surface area is 160 Å². The lowest BCUT2D eigenvalue weighted by Gasteiger charge is -2.28. The molecule has 1 aliphatic rings. The zero-order chi connectivity index (χ0) is 19.3. The van der Waals surface area contributed by atoms with Gasteiger partial charge in [-0.3, -0.25) is 0 Å². The molecule has 0 saturated heterocycles. The summed E-state index contributed by atoms with van der Waals surface area (Å²) in [7, 11) is 0. The minimum absolute atomic E-state index is 0.00753. The fourth-order valence-electron chi connectivity index (χ4n) is 4.31. The van der Waals surface area contributed by atoms with Gasteiger partial charge in [-0.15, -0.1) is 0 Å². The number of aromatic hydroxyl groups is 2. The molecule has 0 radical (unpaired) electrons. The molecule has 28 heavy (non-hydrogen) atoms. The maximum Gasteiger partial charge on any atom is 0.145 e. The number of benzene rings is 1. The molecule has 140 valence electrons. The smallest absolute Gasteiger partial charge is 0.145 e. The van der Waals surface area contributed by atoms with E-state index in [4.69, 9.17) is 4.98 Å². The molecule has 0 unspecified atom stereocenters. The molecule has 1 aromatic carbocycles. The Bertz CT molecular complexity index is 1230. The number of phenolic OH excluding ortho intramolecular Hbond substituents is 2. The summed E-state index contributed by atoms with van der Waals surface area (Å²) in [5.41, 5.74) is 3.10. The number of aromatic amines is 1. The fourth-order valence-corrected chi connectivity index (χ4v) is 4.31. The van der Waals surface area contributed by atoms with Gasteiger partial charge >= 0.3 is 0 Å². The van der Waals surface area contributed by atoms with Crippen molar-refractivity contribution in [2.24, 2.45) is 5.92 Å². The van der Waals surface area contributed by atoms with E-state index in [-0.39, 0.29) is 23.5 Å². The maximum atomic E-state index is 10.5. The van der Waals surface area contributed by atoms with Crippen molar-refractivity contribution >= 4 is 22.1 Å². The first-order valence-electron chi connectivity index (χ1n) is 9.41. The van der Waals surface area contributed by atoms with E-state index in [1.165, 1.54) is 6.07 Å². The summed E-state index contributed by atoms with van der Waals surface area (Å²) in [5, 5.41) is 30.4. The summed E-state index contributed by atoms with van der Waals surface area (Å²) in [6.45, 7) is 0. The zero-order valence-corrected chi connectivity index (χ0v) is 15.1. The topological polar surface area (TPSA) is 111 Å². The van der Waals surface area contributed by atoms with E-state index in [1.54, 1.807) is 18.3 Å². The Hall–Kier alpha value is -3.53. The van der Waals surface area contributed by atoms with Crippen molar-refractivity contribution in [1.82, 2.24) is 19.5 Å². The first kappa shape index (κ1) is 16.6. The second kappa shape index (κ2) is 6.27. The second-order valence-corrected chi connectivity index (χ2v) is 7.37. The van der Waals surface area contributed by atoms with E-state index in [0.29, 0.717) is 11.4 Å². The summed E-state index contributed by atoms with van der Waals surface area (Å²) in [6.07, 6.45) is 7.06. The number of H-pyrrole nitrogens is 1. The molecular weight excluding hydrogens is 354 g/mol. The van der Waals surface area contributed by atoms with Gasteiger partial charge in [0, 0.05) is 29.6 Å². The van der Waals surface area contributed by atoms with Gasteiger partial charge in [0.15, 0.2) is 0 Å². The highest BCUT2D eigenvalue weighted by Gasteiger charge is 2.28. The standard InChI is InChI=1S/C21H19N5O2/c22-10-12-1-3-13(4-2-12)26-19-16-7-8-23-20(16)24-11-17(19)25-21(26)15-6-5-14(27)9-18(15)28/h5-9,11-13,27-28H,1-4H2,(H,23,24). The van der Waals surface area contributed by atoms with Crippen molar-refractivity contribution in [3.8, 4) is 29.0 Å². The number of nitriles is 1. The molecule has 5 rings (SSSR count). The summed E-state index contributed by atoms with van der Waals surface area (Å²) in [6, 6.07) is 9.12. The highest BCUT2D eigenvalue weighted by Crippen LogP contribution is 2.41. The van der Waals surface area contributed by atoms with Crippen LogP contribution in [0.15, 0.2) is 36.7 Å². The van der Waals surface area contributed by atoms with Crippen LogP contribution in [0.3, 0.4) is 0 Å². The molecule has 1 fully saturated rings. The maximum absolute atomic E-state index is 10.5. The second-order valence-electron chi connectivity index (χ2n) is 7.37. The van der Waals surface area contributed by atoms with Crippen molar-refractivity contribution in [1.29, 1.82) is 5.26 Å². The molecular formula is C21H19N5O2. The molecule has 3 heterocycles. The zero-order valence-electron chi connectivity index (χ0n) is 15.1. The SMILES string of the molecule is N#CC1CCC(n2c(-c3ccc(O)cc3O)nc3cnc4[nH]ccc4c32)CC1. The van der Waals surface area contributed by atoms with E-state index in [1.807, 2.05) is 12.3 Å². The molecule has 3 aromatic heterocycles. The molecule has 1 saturated carbocycles. The Balaban J connectivity index is 1.77. The summed E-state index contributed by atoms with van der Waals surface area (Å²) >= 11 is 0. The van der Waals surface area contributed by atoms with Gasteiger partial charge in [0.25, 0.3) is 0 Å². The third-order valence-corrected chi connectivity index (χ3v) is 5.70. The molecule has 4 aromatic rings. The average molecular weight is 373 g/mol.